The summed E-state index contributed by atoms with van der Waals surface area (Å²) in [5.74, 6) is -0.670. The summed E-state index contributed by atoms with van der Waals surface area (Å²) in [5.41, 5.74) is 5.87. The summed E-state index contributed by atoms with van der Waals surface area (Å²) in [6.45, 7) is 3.27. The molecule has 1 heterocycles. The van der Waals surface area contributed by atoms with Gasteiger partial charge >= 0.3 is 0 Å². The average molecular weight is 590 g/mol. The van der Waals surface area contributed by atoms with Crippen molar-refractivity contribution in [1.82, 2.24) is 9.99 Å². The fourth-order valence-corrected chi connectivity index (χ4v) is 6.09. The van der Waals surface area contributed by atoms with Gasteiger partial charge in [0.1, 0.15) is 6.54 Å². The molecule has 0 bridgehead atoms. The van der Waals surface area contributed by atoms with Gasteiger partial charge in [-0.3, -0.25) is 9.10 Å². The summed E-state index contributed by atoms with van der Waals surface area (Å²) >= 11 is 18.8. The molecule has 0 aliphatic heterocycles. The van der Waals surface area contributed by atoms with Crippen molar-refractivity contribution in [2.75, 3.05) is 10.8 Å². The lowest BCUT2D eigenvalue weighted by molar-refractivity contribution is -0.119. The molecule has 1 amide bonds. The average Bonchev–Trinajstić information content (AvgIpc) is 3.17. The Morgan fingerprint density at radius 1 is 0.947 bits per heavy atom. The van der Waals surface area contributed by atoms with E-state index < -0.39 is 22.5 Å². The Kier molecular flexibility index (Phi) is 8.47. The SMILES string of the molecule is Cc1cc(/C=N\NC(=O)CN(c2cccc(Cl)c2Cl)S(=O)(=O)c2ccccc2)c(C)n1-c1ccccc1Cl. The van der Waals surface area contributed by atoms with Crippen LogP contribution in [-0.4, -0.2) is 31.7 Å². The van der Waals surface area contributed by atoms with Gasteiger partial charge in [-0.15, -0.1) is 0 Å². The maximum atomic E-state index is 13.5. The molecule has 0 spiro atoms. The zero-order valence-electron chi connectivity index (χ0n) is 20.4. The first kappa shape index (κ1) is 27.7. The summed E-state index contributed by atoms with van der Waals surface area (Å²) in [4.78, 5) is 12.9. The van der Waals surface area contributed by atoms with Crippen molar-refractivity contribution in [2.24, 2.45) is 5.10 Å². The Morgan fingerprint density at radius 3 is 2.32 bits per heavy atom. The van der Waals surface area contributed by atoms with Crippen LogP contribution in [-0.2, 0) is 14.8 Å². The van der Waals surface area contributed by atoms with Gasteiger partial charge in [0.2, 0.25) is 0 Å². The quantitative estimate of drug-likeness (QED) is 0.191. The van der Waals surface area contributed by atoms with Crippen LogP contribution in [0.4, 0.5) is 5.69 Å². The minimum Gasteiger partial charge on any atom is -0.316 e. The molecule has 11 heteroatoms. The maximum absolute atomic E-state index is 13.5. The highest BCUT2D eigenvalue weighted by molar-refractivity contribution is 7.92. The Bertz CT molecular complexity index is 1620. The van der Waals surface area contributed by atoms with Crippen molar-refractivity contribution in [3.63, 3.8) is 0 Å². The van der Waals surface area contributed by atoms with Crippen molar-refractivity contribution in [2.45, 2.75) is 18.7 Å². The van der Waals surface area contributed by atoms with E-state index in [-0.39, 0.29) is 20.6 Å². The molecule has 4 rings (SSSR count). The number of sulfonamides is 1. The van der Waals surface area contributed by atoms with Gasteiger partial charge in [-0.25, -0.2) is 13.8 Å². The van der Waals surface area contributed by atoms with Crippen LogP contribution in [0.15, 0.2) is 88.9 Å². The first-order valence-corrected chi connectivity index (χ1v) is 14.0. The number of carbonyl (C=O) groups is 1. The third-order valence-electron chi connectivity index (χ3n) is 5.77. The van der Waals surface area contributed by atoms with Gasteiger partial charge in [-0.2, -0.15) is 5.10 Å². The zero-order valence-corrected chi connectivity index (χ0v) is 23.5. The molecule has 0 aliphatic carbocycles. The molecule has 0 unspecified atom stereocenters. The number of hydrazone groups is 1. The molecule has 7 nitrogen and oxygen atoms in total. The largest absolute Gasteiger partial charge is 0.316 e. The van der Waals surface area contributed by atoms with Gasteiger partial charge in [-0.1, -0.05) is 71.2 Å². The lowest BCUT2D eigenvalue weighted by Crippen LogP contribution is -2.39. The summed E-state index contributed by atoms with van der Waals surface area (Å²) in [5, 5.41) is 4.83. The molecule has 0 radical (unpaired) electrons. The second-order valence-electron chi connectivity index (χ2n) is 8.30. The van der Waals surface area contributed by atoms with Gasteiger partial charge in [0.15, 0.2) is 0 Å². The van der Waals surface area contributed by atoms with E-state index in [0.29, 0.717) is 5.02 Å². The molecule has 0 saturated heterocycles. The van der Waals surface area contributed by atoms with Crippen molar-refractivity contribution < 1.29 is 13.2 Å². The van der Waals surface area contributed by atoms with Gasteiger partial charge < -0.3 is 4.57 Å². The molecular formula is C27H23Cl3N4O3S. The van der Waals surface area contributed by atoms with E-state index in [1.54, 1.807) is 24.3 Å². The molecule has 0 aliphatic rings. The van der Waals surface area contributed by atoms with E-state index >= 15 is 0 Å². The minimum absolute atomic E-state index is 0.000596. The lowest BCUT2D eigenvalue weighted by Gasteiger charge is -2.24. The number of nitrogens with zero attached hydrogens (tertiary/aromatic N) is 3. The second-order valence-corrected chi connectivity index (χ2v) is 11.4. The number of rotatable bonds is 8. The van der Waals surface area contributed by atoms with E-state index in [1.165, 1.54) is 30.5 Å². The minimum atomic E-state index is -4.15. The van der Waals surface area contributed by atoms with E-state index in [4.69, 9.17) is 34.8 Å². The fourth-order valence-electron chi connectivity index (χ4n) is 3.97. The summed E-state index contributed by atoms with van der Waals surface area (Å²) in [7, 11) is -4.15. The molecule has 0 saturated carbocycles. The van der Waals surface area contributed by atoms with Crippen LogP contribution in [0.25, 0.3) is 5.69 Å². The number of para-hydroxylation sites is 1. The molecule has 0 fully saturated rings. The van der Waals surface area contributed by atoms with Crippen LogP contribution in [0.2, 0.25) is 15.1 Å². The highest BCUT2D eigenvalue weighted by Crippen LogP contribution is 2.35. The number of carbonyl (C=O) groups excluding carboxylic acids is 1. The molecule has 1 N–H and O–H groups in total. The molecule has 3 aromatic carbocycles. The number of amides is 1. The van der Waals surface area contributed by atoms with Crippen molar-refractivity contribution in [3.05, 3.63) is 111 Å². The van der Waals surface area contributed by atoms with Gasteiger partial charge in [-0.05, 0) is 56.3 Å². The monoisotopic (exact) mass is 588 g/mol. The lowest BCUT2D eigenvalue weighted by atomic mass is 10.2. The number of aryl methyl sites for hydroxylation is 1. The Hall–Kier alpha value is -3.30. The fraction of sp³-hybridized carbons (Fsp3) is 0.111. The van der Waals surface area contributed by atoms with E-state index in [2.05, 4.69) is 10.5 Å². The van der Waals surface area contributed by atoms with Crippen molar-refractivity contribution in [3.8, 4) is 5.69 Å². The van der Waals surface area contributed by atoms with Crippen LogP contribution < -0.4 is 9.73 Å². The molecule has 4 aromatic rings. The van der Waals surface area contributed by atoms with E-state index in [0.717, 1.165) is 26.9 Å². The van der Waals surface area contributed by atoms with Crippen LogP contribution in [0.3, 0.4) is 0 Å². The number of benzene rings is 3. The zero-order chi connectivity index (χ0) is 27.4. The van der Waals surface area contributed by atoms with Crippen LogP contribution >= 0.6 is 34.8 Å². The van der Waals surface area contributed by atoms with E-state index in [1.807, 2.05) is 48.7 Å². The first-order valence-electron chi connectivity index (χ1n) is 11.4. The summed E-state index contributed by atoms with van der Waals surface area (Å²) < 4.78 is 29.8. The summed E-state index contributed by atoms with van der Waals surface area (Å²) in [6.07, 6.45) is 1.50. The molecule has 1 aromatic heterocycles. The van der Waals surface area contributed by atoms with Gasteiger partial charge in [0.25, 0.3) is 15.9 Å². The summed E-state index contributed by atoms with van der Waals surface area (Å²) in [6, 6.07) is 21.7. The Balaban J connectivity index is 1.58. The van der Waals surface area contributed by atoms with Crippen molar-refractivity contribution in [1.29, 1.82) is 0 Å². The molecule has 0 atom stereocenters. The van der Waals surface area contributed by atoms with Crippen LogP contribution in [0.5, 0.6) is 0 Å². The third kappa shape index (κ3) is 5.73. The van der Waals surface area contributed by atoms with Crippen LogP contribution in [0.1, 0.15) is 17.0 Å². The van der Waals surface area contributed by atoms with Crippen molar-refractivity contribution >= 4 is 62.6 Å². The number of nitrogens with one attached hydrogen (secondary N) is 1. The third-order valence-corrected chi connectivity index (χ3v) is 8.68. The Morgan fingerprint density at radius 2 is 1.61 bits per heavy atom. The van der Waals surface area contributed by atoms with Gasteiger partial charge in [0.05, 0.1) is 37.6 Å². The molecule has 38 heavy (non-hydrogen) atoms. The standard InChI is InChI=1S/C27H23Cl3N4O3S/c1-18-15-20(19(2)34(18)24-13-7-6-11-22(24)28)16-31-32-26(35)17-33(25-14-8-12-23(29)27(25)30)38(36,37)21-9-4-3-5-10-21/h3-16H,17H2,1-2H3,(H,32,35)/b31-16-. The number of anilines is 1. The predicted octanol–water partition coefficient (Wildman–Crippen LogP) is 6.40. The highest BCUT2D eigenvalue weighted by atomic mass is 35.5. The molecular weight excluding hydrogens is 567 g/mol. The highest BCUT2D eigenvalue weighted by Gasteiger charge is 2.29. The van der Waals surface area contributed by atoms with Crippen LogP contribution in [0, 0.1) is 13.8 Å². The molecule has 196 valence electrons. The normalized spacial score (nSPS) is 11.6. The van der Waals surface area contributed by atoms with E-state index in [9.17, 15) is 13.2 Å². The Labute approximate surface area is 236 Å². The second kappa shape index (κ2) is 11.6. The number of halogens is 3. The number of hydrogen-bond acceptors (Lipinski definition) is 4. The van der Waals surface area contributed by atoms with Gasteiger partial charge in [0, 0.05) is 17.0 Å². The smallest absolute Gasteiger partial charge is 0.264 e. The first-order chi connectivity index (χ1) is 18.1. The maximum Gasteiger partial charge on any atom is 0.264 e. The number of hydrogen-bond donors (Lipinski definition) is 1. The number of aromatic nitrogens is 1. The topological polar surface area (TPSA) is 83.8 Å². The predicted molar refractivity (Wildman–Crippen MR) is 153 cm³/mol.